The Hall–Kier alpha value is -2.87. The van der Waals surface area contributed by atoms with Crippen molar-refractivity contribution in [3.05, 3.63) is 57.7 Å². The quantitative estimate of drug-likeness (QED) is 0.452. The third-order valence-corrected chi connectivity index (χ3v) is 4.21. The number of anilines is 1. The fourth-order valence-corrected chi connectivity index (χ4v) is 3.00. The van der Waals surface area contributed by atoms with Crippen molar-refractivity contribution in [1.82, 2.24) is 5.32 Å². The van der Waals surface area contributed by atoms with Crippen LogP contribution in [0, 0.1) is 24.0 Å². The third-order valence-electron chi connectivity index (χ3n) is 4.21. The Bertz CT molecular complexity index is 803. The molecule has 0 bridgehead atoms. The first-order valence-electron chi connectivity index (χ1n) is 8.96. The summed E-state index contributed by atoms with van der Waals surface area (Å²) in [6.45, 7) is 8.93. The van der Waals surface area contributed by atoms with E-state index in [1.165, 1.54) is 6.08 Å². The van der Waals surface area contributed by atoms with Crippen molar-refractivity contribution < 1.29 is 19.2 Å². The fraction of sp³-hybridized carbons (Fsp3) is 0.450. The molecule has 0 radical (unpaired) electrons. The number of nitrogens with one attached hydrogen (secondary N) is 2. The highest BCUT2D eigenvalue weighted by molar-refractivity contribution is 5.87. The van der Waals surface area contributed by atoms with E-state index < -0.39 is 28.4 Å². The highest BCUT2D eigenvalue weighted by Crippen LogP contribution is 2.32. The summed E-state index contributed by atoms with van der Waals surface area (Å²) in [5, 5.41) is 17.5. The lowest BCUT2D eigenvalue weighted by atomic mass is 9.98. The van der Waals surface area contributed by atoms with Crippen molar-refractivity contribution in [3.63, 3.8) is 0 Å². The van der Waals surface area contributed by atoms with Gasteiger partial charge in [-0.15, -0.1) is 0 Å². The standard InChI is InChI=1S/C20H27N3O5/c1-13-11-15(12-14(2)17(13)22-18(24)28-19(3,4)5)27-20(23(25)26)10-8-7-9-16(20)21-6/h7-12,16,21H,1-6H3,(H,22,24). The molecule has 0 fully saturated rings. The predicted octanol–water partition coefficient (Wildman–Crippen LogP) is 3.72. The predicted molar refractivity (Wildman–Crippen MR) is 107 cm³/mol. The molecule has 1 aliphatic carbocycles. The van der Waals surface area contributed by atoms with Crippen LogP contribution in [0.15, 0.2) is 36.4 Å². The Morgan fingerprint density at radius 3 is 2.32 bits per heavy atom. The van der Waals surface area contributed by atoms with E-state index in [1.54, 1.807) is 72.0 Å². The molecule has 0 saturated carbocycles. The van der Waals surface area contributed by atoms with E-state index in [4.69, 9.17) is 9.47 Å². The molecular formula is C20H27N3O5. The van der Waals surface area contributed by atoms with Crippen molar-refractivity contribution in [3.8, 4) is 5.75 Å². The number of carbonyl (C=O) groups excluding carboxylic acids is 1. The summed E-state index contributed by atoms with van der Waals surface area (Å²) in [7, 11) is 1.64. The molecule has 2 unspecified atom stereocenters. The van der Waals surface area contributed by atoms with Crippen LogP contribution in [0.4, 0.5) is 10.5 Å². The van der Waals surface area contributed by atoms with Crippen molar-refractivity contribution in [1.29, 1.82) is 0 Å². The molecule has 2 N–H and O–H groups in total. The van der Waals surface area contributed by atoms with Gasteiger partial charge in [-0.2, -0.15) is 0 Å². The Morgan fingerprint density at radius 1 is 1.21 bits per heavy atom. The molecule has 1 amide bonds. The zero-order valence-corrected chi connectivity index (χ0v) is 17.0. The van der Waals surface area contributed by atoms with Gasteiger partial charge in [-0.05, 0) is 64.9 Å². The maximum Gasteiger partial charge on any atom is 0.412 e. The smallest absolute Gasteiger partial charge is 0.412 e. The Kier molecular flexibility index (Phi) is 6.14. The Labute approximate surface area is 164 Å². The van der Waals surface area contributed by atoms with Crippen molar-refractivity contribution in [2.24, 2.45) is 0 Å². The van der Waals surface area contributed by atoms with Gasteiger partial charge in [0.2, 0.25) is 0 Å². The number of amides is 1. The minimum Gasteiger partial charge on any atom is -0.444 e. The summed E-state index contributed by atoms with van der Waals surface area (Å²) in [6.07, 6.45) is 5.86. The monoisotopic (exact) mass is 389 g/mol. The molecule has 8 heteroatoms. The van der Waals surface area contributed by atoms with E-state index >= 15 is 0 Å². The number of aryl methyl sites for hydroxylation is 2. The SMILES string of the molecule is CNC1C=CC=CC1(Oc1cc(C)c(NC(=O)OC(C)(C)C)c(C)c1)[N+](=O)[O-]. The molecule has 2 rings (SSSR count). The minimum atomic E-state index is -1.76. The second kappa shape index (κ2) is 8.02. The van der Waals surface area contributed by atoms with Gasteiger partial charge < -0.3 is 14.8 Å². The Morgan fingerprint density at radius 2 is 1.82 bits per heavy atom. The van der Waals surface area contributed by atoms with E-state index in [0.717, 1.165) is 0 Å². The Balaban J connectivity index is 2.31. The minimum absolute atomic E-state index is 0.335. The summed E-state index contributed by atoms with van der Waals surface area (Å²) in [5.41, 5.74) is -0.384. The molecule has 8 nitrogen and oxygen atoms in total. The van der Waals surface area contributed by atoms with Gasteiger partial charge in [0.25, 0.3) is 0 Å². The zero-order chi connectivity index (χ0) is 21.1. The molecular weight excluding hydrogens is 362 g/mol. The molecule has 0 spiro atoms. The molecule has 0 saturated heterocycles. The van der Waals surface area contributed by atoms with Crippen LogP contribution in [-0.2, 0) is 4.74 Å². The van der Waals surface area contributed by atoms with Crippen LogP contribution in [0.2, 0.25) is 0 Å². The molecule has 0 aromatic heterocycles. The van der Waals surface area contributed by atoms with Crippen molar-refractivity contribution >= 4 is 11.8 Å². The van der Waals surface area contributed by atoms with Crippen LogP contribution in [0.25, 0.3) is 0 Å². The van der Waals surface area contributed by atoms with Gasteiger partial charge in [-0.3, -0.25) is 15.4 Å². The van der Waals surface area contributed by atoms with Gasteiger partial charge in [0.1, 0.15) is 17.4 Å². The van der Waals surface area contributed by atoms with Crippen LogP contribution in [-0.4, -0.2) is 35.4 Å². The van der Waals surface area contributed by atoms with Crippen LogP contribution in [0.3, 0.4) is 0 Å². The summed E-state index contributed by atoms with van der Waals surface area (Å²) in [4.78, 5) is 23.5. The van der Waals surface area contributed by atoms with E-state index in [9.17, 15) is 14.9 Å². The number of hydrogen-bond donors (Lipinski definition) is 2. The topological polar surface area (TPSA) is 103 Å². The molecule has 1 aliphatic rings. The number of likely N-dealkylation sites (N-methyl/N-ethyl adjacent to an activating group) is 1. The number of ether oxygens (including phenoxy) is 2. The normalized spacial score (nSPS) is 21.3. The maximum absolute atomic E-state index is 12.1. The van der Waals surface area contributed by atoms with E-state index in [1.807, 2.05) is 0 Å². The second-order valence-electron chi connectivity index (χ2n) is 7.68. The fourth-order valence-electron chi connectivity index (χ4n) is 3.00. The van der Waals surface area contributed by atoms with Crippen molar-refractivity contribution in [2.75, 3.05) is 12.4 Å². The zero-order valence-electron chi connectivity index (χ0n) is 17.0. The van der Waals surface area contributed by atoms with Gasteiger partial charge in [0, 0.05) is 6.08 Å². The maximum atomic E-state index is 12.1. The first-order chi connectivity index (χ1) is 13.0. The average molecular weight is 389 g/mol. The van der Waals surface area contributed by atoms with Crippen LogP contribution in [0.5, 0.6) is 5.75 Å². The van der Waals surface area contributed by atoms with Crippen LogP contribution < -0.4 is 15.4 Å². The first-order valence-corrected chi connectivity index (χ1v) is 8.96. The van der Waals surface area contributed by atoms with Crippen LogP contribution >= 0.6 is 0 Å². The largest absolute Gasteiger partial charge is 0.444 e. The summed E-state index contributed by atoms with van der Waals surface area (Å²) >= 11 is 0. The molecule has 1 aromatic rings. The highest BCUT2D eigenvalue weighted by Gasteiger charge is 2.50. The number of nitro groups is 1. The average Bonchev–Trinajstić information content (AvgIpc) is 2.57. The summed E-state index contributed by atoms with van der Waals surface area (Å²) < 4.78 is 11.2. The number of rotatable bonds is 5. The third kappa shape index (κ3) is 4.69. The molecule has 152 valence electrons. The van der Waals surface area contributed by atoms with Gasteiger partial charge in [0.05, 0.1) is 10.6 Å². The molecule has 0 aliphatic heterocycles. The number of carbonyl (C=O) groups is 1. The lowest BCUT2D eigenvalue weighted by Crippen LogP contribution is -2.57. The van der Waals surface area contributed by atoms with Crippen LogP contribution in [0.1, 0.15) is 31.9 Å². The molecule has 28 heavy (non-hydrogen) atoms. The summed E-state index contributed by atoms with van der Waals surface area (Å²) in [6, 6.07) is 2.68. The van der Waals surface area contributed by atoms with Gasteiger partial charge in [-0.25, -0.2) is 4.79 Å². The molecule has 1 aromatic carbocycles. The second-order valence-corrected chi connectivity index (χ2v) is 7.68. The number of allylic oxidation sites excluding steroid dienone is 2. The number of nitrogens with zero attached hydrogens (tertiary/aromatic N) is 1. The van der Waals surface area contributed by atoms with Gasteiger partial charge >= 0.3 is 11.8 Å². The lowest BCUT2D eigenvalue weighted by Gasteiger charge is -2.30. The molecule has 0 heterocycles. The van der Waals surface area contributed by atoms with Gasteiger partial charge in [-0.1, -0.05) is 18.2 Å². The lowest BCUT2D eigenvalue weighted by molar-refractivity contribution is -0.602. The number of benzene rings is 1. The summed E-state index contributed by atoms with van der Waals surface area (Å²) in [5.74, 6) is 0.335. The van der Waals surface area contributed by atoms with Crippen molar-refractivity contribution in [2.45, 2.75) is 52.0 Å². The van der Waals surface area contributed by atoms with E-state index in [0.29, 0.717) is 22.6 Å². The van der Waals surface area contributed by atoms with E-state index in [-0.39, 0.29) is 0 Å². The van der Waals surface area contributed by atoms with Gasteiger partial charge in [0.15, 0.2) is 0 Å². The first kappa shape index (κ1) is 21.4. The van der Waals surface area contributed by atoms with E-state index in [2.05, 4.69) is 10.6 Å². The molecule has 2 atom stereocenters. The number of hydrogen-bond acceptors (Lipinski definition) is 6. The highest BCUT2D eigenvalue weighted by atomic mass is 16.7.